The number of rotatable bonds is 4. The fourth-order valence-corrected chi connectivity index (χ4v) is 4.50. The van der Waals surface area contributed by atoms with Crippen LogP contribution in [-0.4, -0.2) is 15.8 Å². The smallest absolute Gasteiger partial charge is 0.269 e. The fourth-order valence-electron chi connectivity index (χ4n) is 4.13. The minimum atomic E-state index is -1.29. The van der Waals surface area contributed by atoms with Crippen molar-refractivity contribution in [3.63, 3.8) is 0 Å². The molecular weight excluding hydrogens is 388 g/mol. The Morgan fingerprint density at radius 3 is 2.41 bits per heavy atom. The highest BCUT2D eigenvalue weighted by molar-refractivity contribution is 7.84. The third kappa shape index (κ3) is 3.37. The summed E-state index contributed by atoms with van der Waals surface area (Å²) in [6.45, 7) is 1.98. The van der Waals surface area contributed by atoms with Gasteiger partial charge in [0.15, 0.2) is 12.4 Å². The molecule has 1 aliphatic heterocycles. The van der Waals surface area contributed by atoms with E-state index in [0.717, 1.165) is 24.0 Å². The number of thiol groups is 1. The molecule has 29 heavy (non-hydrogen) atoms. The van der Waals surface area contributed by atoms with Crippen LogP contribution in [0.15, 0.2) is 59.4 Å². The molecule has 2 N–H and O–H groups in total. The van der Waals surface area contributed by atoms with Gasteiger partial charge in [-0.2, -0.15) is 9.83 Å². The van der Waals surface area contributed by atoms with Crippen LogP contribution in [0.3, 0.4) is 0 Å². The number of nitro benzene ring substituents is 1. The maximum absolute atomic E-state index is 11.7. The van der Waals surface area contributed by atoms with Gasteiger partial charge >= 0.3 is 0 Å². The van der Waals surface area contributed by atoms with Crippen LogP contribution in [0.1, 0.15) is 35.9 Å². The number of aromatic nitrogens is 1. The number of nitrogens with one attached hydrogen (secondary N) is 1. The van der Waals surface area contributed by atoms with Crippen molar-refractivity contribution in [2.75, 3.05) is 0 Å². The van der Waals surface area contributed by atoms with Gasteiger partial charge in [0.1, 0.15) is 0 Å². The van der Waals surface area contributed by atoms with Crippen LogP contribution in [0.5, 0.6) is 0 Å². The molecular formula is C21H21N4O3S+. The molecule has 0 radical (unpaired) electrons. The first-order chi connectivity index (χ1) is 13.8. The Morgan fingerprint density at radius 2 is 1.90 bits per heavy atom. The number of allylic oxidation sites excluding steroid dienone is 1. The third-order valence-electron chi connectivity index (χ3n) is 5.77. The van der Waals surface area contributed by atoms with Crippen molar-refractivity contribution in [2.24, 2.45) is 5.92 Å². The quantitative estimate of drug-likeness (QED) is 0.312. The van der Waals surface area contributed by atoms with Crippen LogP contribution in [0.2, 0.25) is 0 Å². The molecule has 0 spiro atoms. The van der Waals surface area contributed by atoms with E-state index in [4.69, 9.17) is 0 Å². The molecule has 1 fully saturated rings. The maximum atomic E-state index is 11.7. The van der Waals surface area contributed by atoms with Gasteiger partial charge in [0.25, 0.3) is 5.69 Å². The number of nitriles is 1. The number of aryl methyl sites for hydroxylation is 1. The second-order valence-electron chi connectivity index (χ2n) is 7.69. The largest absolute Gasteiger partial charge is 0.365 e. The number of nitrogens with zero attached hydrogens (tertiary/aromatic N) is 3. The number of aliphatic hydroxyl groups is 1. The van der Waals surface area contributed by atoms with E-state index in [9.17, 15) is 20.5 Å². The number of non-ortho nitro benzene ring substituents is 1. The lowest BCUT2D eigenvalue weighted by atomic mass is 9.76. The summed E-state index contributed by atoms with van der Waals surface area (Å²) in [6.07, 6.45) is 5.54. The lowest BCUT2D eigenvalue weighted by Gasteiger charge is -2.42. The summed E-state index contributed by atoms with van der Waals surface area (Å²) in [5.41, 5.74) is 0.887. The van der Waals surface area contributed by atoms with Crippen LogP contribution >= 0.6 is 12.6 Å². The van der Waals surface area contributed by atoms with Crippen LogP contribution < -0.4 is 9.88 Å². The fraction of sp³-hybridized carbons (Fsp3) is 0.333. The van der Waals surface area contributed by atoms with Crippen molar-refractivity contribution < 1.29 is 14.6 Å². The van der Waals surface area contributed by atoms with E-state index in [2.05, 4.69) is 24.0 Å². The molecule has 2 heterocycles. The Balaban J connectivity index is 1.90. The molecule has 2 aliphatic rings. The van der Waals surface area contributed by atoms with Gasteiger partial charge in [-0.3, -0.25) is 10.1 Å². The van der Waals surface area contributed by atoms with Crippen molar-refractivity contribution in [3.8, 4) is 6.07 Å². The molecule has 0 unspecified atom stereocenters. The van der Waals surface area contributed by atoms with Crippen LogP contribution in [-0.2, 0) is 0 Å². The predicted octanol–water partition coefficient (Wildman–Crippen LogP) is 2.88. The second-order valence-corrected chi connectivity index (χ2v) is 8.14. The molecule has 0 amide bonds. The molecule has 0 saturated heterocycles. The molecule has 1 aromatic carbocycles. The normalized spacial score (nSPS) is 26.6. The van der Waals surface area contributed by atoms with E-state index in [-0.39, 0.29) is 11.6 Å². The molecule has 1 saturated carbocycles. The van der Waals surface area contributed by atoms with Crippen molar-refractivity contribution in [1.29, 1.82) is 5.26 Å². The topological polar surface area (TPSA) is 103 Å². The highest BCUT2D eigenvalue weighted by Crippen LogP contribution is 2.52. The van der Waals surface area contributed by atoms with Gasteiger partial charge in [-0.15, -0.1) is 12.6 Å². The highest BCUT2D eigenvalue weighted by Gasteiger charge is 2.60. The zero-order valence-electron chi connectivity index (χ0n) is 15.8. The Bertz CT molecular complexity index is 1030. The lowest BCUT2D eigenvalue weighted by Crippen LogP contribution is -2.65. The van der Waals surface area contributed by atoms with Gasteiger partial charge < -0.3 is 10.4 Å². The Morgan fingerprint density at radius 1 is 1.28 bits per heavy atom. The molecule has 1 aliphatic carbocycles. The Kier molecular flexibility index (Phi) is 4.81. The summed E-state index contributed by atoms with van der Waals surface area (Å²) in [7, 11) is 0. The number of hydrogen-bond donors (Lipinski definition) is 3. The van der Waals surface area contributed by atoms with E-state index in [1.54, 1.807) is 12.1 Å². The zero-order valence-corrected chi connectivity index (χ0v) is 16.7. The van der Waals surface area contributed by atoms with E-state index < -0.39 is 22.6 Å². The van der Waals surface area contributed by atoms with Crippen molar-refractivity contribution in [2.45, 2.75) is 37.5 Å². The predicted molar refractivity (Wildman–Crippen MR) is 109 cm³/mol. The van der Waals surface area contributed by atoms with Crippen molar-refractivity contribution >= 4 is 18.3 Å². The van der Waals surface area contributed by atoms with E-state index in [1.165, 1.54) is 12.1 Å². The maximum Gasteiger partial charge on any atom is 0.269 e. The first kappa shape index (κ1) is 19.4. The Labute approximate surface area is 173 Å². The van der Waals surface area contributed by atoms with Gasteiger partial charge in [-0.1, -0.05) is 12.1 Å². The van der Waals surface area contributed by atoms with Crippen LogP contribution in [0.25, 0.3) is 0 Å². The molecule has 7 nitrogen and oxygen atoms in total. The summed E-state index contributed by atoms with van der Waals surface area (Å²) in [6, 6.07) is 11.8. The standard InChI is InChI=1S/C21H20N4O3S/c1-13-8-10-24(11-9-13)19-18(14-2-6-16(7-3-14)25(27)28)17(12-22)20(29)23-21(19,26)15-4-5-15/h2-3,6-11,15,18-19,23,26H,4-5H2,1H3/p+1/t18-,19-,21+/m1/s1. The zero-order chi connectivity index (χ0) is 20.8. The van der Waals surface area contributed by atoms with Crippen LogP contribution in [0.4, 0.5) is 5.69 Å². The molecule has 148 valence electrons. The van der Waals surface area contributed by atoms with E-state index in [0.29, 0.717) is 10.6 Å². The van der Waals surface area contributed by atoms with Gasteiger partial charge in [0, 0.05) is 30.2 Å². The molecule has 1 aromatic heterocycles. The Hall–Kier alpha value is -2.89. The van der Waals surface area contributed by atoms with E-state index >= 15 is 0 Å². The summed E-state index contributed by atoms with van der Waals surface area (Å²) >= 11 is 4.47. The molecule has 0 bridgehead atoms. The van der Waals surface area contributed by atoms with Gasteiger partial charge in [-0.25, -0.2) is 0 Å². The minimum absolute atomic E-state index is 0.0201. The first-order valence-corrected chi connectivity index (χ1v) is 9.85. The molecule has 2 aromatic rings. The first-order valence-electron chi connectivity index (χ1n) is 9.40. The number of pyridine rings is 1. The monoisotopic (exact) mass is 409 g/mol. The minimum Gasteiger partial charge on any atom is -0.365 e. The number of hydrogen-bond acceptors (Lipinski definition) is 6. The van der Waals surface area contributed by atoms with Crippen LogP contribution in [0, 0.1) is 34.3 Å². The van der Waals surface area contributed by atoms with Gasteiger partial charge in [-0.05, 0) is 30.9 Å². The molecule has 3 atom stereocenters. The lowest BCUT2D eigenvalue weighted by molar-refractivity contribution is -0.742. The summed E-state index contributed by atoms with van der Waals surface area (Å²) in [4.78, 5) is 10.6. The number of nitro groups is 1. The van der Waals surface area contributed by atoms with Crippen molar-refractivity contribution in [3.05, 3.63) is 80.6 Å². The summed E-state index contributed by atoms with van der Waals surface area (Å²) in [5.74, 6) is -0.475. The molecule has 8 heteroatoms. The average molecular weight is 409 g/mol. The highest BCUT2D eigenvalue weighted by atomic mass is 32.1. The van der Waals surface area contributed by atoms with E-state index in [1.807, 2.05) is 36.0 Å². The summed E-state index contributed by atoms with van der Waals surface area (Å²) < 4.78 is 1.92. The second kappa shape index (κ2) is 7.17. The van der Waals surface area contributed by atoms with Crippen molar-refractivity contribution in [1.82, 2.24) is 5.32 Å². The molecule has 4 rings (SSSR count). The van der Waals surface area contributed by atoms with Gasteiger partial charge in [0.2, 0.25) is 11.8 Å². The summed E-state index contributed by atoms with van der Waals surface area (Å²) in [5, 5.41) is 36.1. The number of benzene rings is 1. The third-order valence-corrected chi connectivity index (χ3v) is 6.13. The van der Waals surface area contributed by atoms with Gasteiger partial charge in [0.05, 0.1) is 27.5 Å². The average Bonchev–Trinajstić information content (AvgIpc) is 3.54. The SMILES string of the molecule is Cc1cc[n+]([C@@H]2[C@H](c3ccc([N+](=O)[O-])cc3)C(C#N)=C(S)N[C@]2(O)C2CC2)cc1.